The second-order valence-corrected chi connectivity index (χ2v) is 5.85. The summed E-state index contributed by atoms with van der Waals surface area (Å²) in [5, 5.41) is 3.66. The molecule has 0 spiro atoms. The summed E-state index contributed by atoms with van der Waals surface area (Å²) in [5.41, 5.74) is 0. The summed E-state index contributed by atoms with van der Waals surface area (Å²) in [5.74, 6) is 0. The number of rotatable bonds is 10. The predicted molar refractivity (Wildman–Crippen MR) is 81.1 cm³/mol. The molecule has 0 saturated carbocycles. The highest BCUT2D eigenvalue weighted by molar-refractivity contribution is 4.81. The third-order valence-electron chi connectivity index (χ3n) is 4.29. The van der Waals surface area contributed by atoms with E-state index >= 15 is 0 Å². The van der Waals surface area contributed by atoms with Gasteiger partial charge in [0.15, 0.2) is 0 Å². The van der Waals surface area contributed by atoms with E-state index in [1.807, 2.05) is 0 Å². The Balaban J connectivity index is 2.44. The van der Waals surface area contributed by atoms with Crippen molar-refractivity contribution in [2.45, 2.75) is 84.2 Å². The zero-order valence-corrected chi connectivity index (χ0v) is 12.9. The van der Waals surface area contributed by atoms with Crippen LogP contribution in [0.4, 0.5) is 0 Å². The van der Waals surface area contributed by atoms with Gasteiger partial charge in [-0.2, -0.15) is 0 Å². The van der Waals surface area contributed by atoms with Crippen molar-refractivity contribution >= 4 is 0 Å². The quantitative estimate of drug-likeness (QED) is 0.638. The number of hydrogen-bond acceptors (Lipinski definition) is 2. The van der Waals surface area contributed by atoms with Gasteiger partial charge in [-0.3, -0.25) is 4.90 Å². The van der Waals surface area contributed by atoms with Gasteiger partial charge >= 0.3 is 0 Å². The molecular formula is C16H34N2. The van der Waals surface area contributed by atoms with Gasteiger partial charge in [0.05, 0.1) is 0 Å². The first-order valence-electron chi connectivity index (χ1n) is 8.29. The second-order valence-electron chi connectivity index (χ2n) is 5.85. The fourth-order valence-corrected chi connectivity index (χ4v) is 3.06. The van der Waals surface area contributed by atoms with E-state index in [-0.39, 0.29) is 0 Å². The van der Waals surface area contributed by atoms with Crippen LogP contribution in [0.15, 0.2) is 0 Å². The molecule has 2 unspecified atom stereocenters. The monoisotopic (exact) mass is 254 g/mol. The molecule has 1 fully saturated rings. The van der Waals surface area contributed by atoms with Crippen LogP contribution in [0, 0.1) is 0 Å². The van der Waals surface area contributed by atoms with Gasteiger partial charge in [-0.25, -0.2) is 0 Å². The van der Waals surface area contributed by atoms with Crippen molar-refractivity contribution in [3.63, 3.8) is 0 Å². The fraction of sp³-hybridized carbons (Fsp3) is 1.00. The molecular weight excluding hydrogens is 220 g/mol. The molecule has 0 bridgehead atoms. The van der Waals surface area contributed by atoms with E-state index < -0.39 is 0 Å². The third kappa shape index (κ3) is 5.71. The van der Waals surface area contributed by atoms with Gasteiger partial charge in [-0.15, -0.1) is 0 Å². The Hall–Kier alpha value is -0.0800. The summed E-state index contributed by atoms with van der Waals surface area (Å²) in [6, 6.07) is 1.58. The molecule has 2 nitrogen and oxygen atoms in total. The van der Waals surface area contributed by atoms with E-state index in [9.17, 15) is 0 Å². The van der Waals surface area contributed by atoms with E-state index in [2.05, 4.69) is 31.0 Å². The van der Waals surface area contributed by atoms with Gasteiger partial charge in [-0.05, 0) is 45.2 Å². The van der Waals surface area contributed by atoms with Gasteiger partial charge in [0.1, 0.15) is 0 Å². The van der Waals surface area contributed by atoms with Crippen LogP contribution in [0.2, 0.25) is 0 Å². The smallest absolute Gasteiger partial charge is 0.0195 e. The number of unbranched alkanes of at least 4 members (excludes halogenated alkanes) is 2. The standard InChI is InChI=1S/C16H34N2/c1-4-7-11-16(6-3)18(13-8-5-2)14-15-10-9-12-17-15/h15-17H,4-14H2,1-3H3. The maximum absolute atomic E-state index is 3.66. The molecule has 1 N–H and O–H groups in total. The third-order valence-corrected chi connectivity index (χ3v) is 4.29. The molecule has 18 heavy (non-hydrogen) atoms. The summed E-state index contributed by atoms with van der Waals surface area (Å²) >= 11 is 0. The van der Waals surface area contributed by atoms with Crippen molar-refractivity contribution < 1.29 is 0 Å². The van der Waals surface area contributed by atoms with E-state index in [0.29, 0.717) is 0 Å². The Morgan fingerprint density at radius 2 is 1.94 bits per heavy atom. The van der Waals surface area contributed by atoms with Crippen molar-refractivity contribution in [2.75, 3.05) is 19.6 Å². The SMILES string of the molecule is CCCCC(CC)N(CCCC)CC1CCCN1. The van der Waals surface area contributed by atoms with Crippen LogP contribution in [0.25, 0.3) is 0 Å². The summed E-state index contributed by atoms with van der Waals surface area (Å²) in [6.07, 6.45) is 10.9. The van der Waals surface area contributed by atoms with E-state index in [4.69, 9.17) is 0 Å². The maximum Gasteiger partial charge on any atom is 0.0195 e. The minimum Gasteiger partial charge on any atom is -0.313 e. The maximum atomic E-state index is 3.66. The lowest BCUT2D eigenvalue weighted by molar-refractivity contribution is 0.161. The zero-order chi connectivity index (χ0) is 13.2. The number of hydrogen-bond donors (Lipinski definition) is 1. The summed E-state index contributed by atoms with van der Waals surface area (Å²) in [7, 11) is 0. The van der Waals surface area contributed by atoms with Gasteiger partial charge in [0, 0.05) is 18.6 Å². The molecule has 0 amide bonds. The van der Waals surface area contributed by atoms with Crippen LogP contribution < -0.4 is 5.32 Å². The average molecular weight is 254 g/mol. The number of nitrogens with one attached hydrogen (secondary N) is 1. The first kappa shape index (κ1) is 16.0. The molecule has 2 heteroatoms. The Kier molecular flexibility index (Phi) is 8.70. The fourth-order valence-electron chi connectivity index (χ4n) is 3.06. The van der Waals surface area contributed by atoms with Crippen LogP contribution in [0.1, 0.15) is 72.1 Å². The summed E-state index contributed by atoms with van der Waals surface area (Å²) in [4.78, 5) is 2.78. The van der Waals surface area contributed by atoms with Crippen LogP contribution in [0.3, 0.4) is 0 Å². The van der Waals surface area contributed by atoms with Crippen molar-refractivity contribution in [1.29, 1.82) is 0 Å². The lowest BCUT2D eigenvalue weighted by atomic mass is 10.0. The molecule has 0 aromatic rings. The van der Waals surface area contributed by atoms with Crippen molar-refractivity contribution in [3.05, 3.63) is 0 Å². The molecule has 0 aromatic carbocycles. The predicted octanol–water partition coefficient (Wildman–Crippen LogP) is 3.81. The molecule has 0 aliphatic carbocycles. The zero-order valence-electron chi connectivity index (χ0n) is 12.9. The lowest BCUT2D eigenvalue weighted by Crippen LogP contribution is -2.43. The molecule has 1 aliphatic heterocycles. The number of nitrogens with zero attached hydrogens (tertiary/aromatic N) is 1. The molecule has 1 rings (SSSR count). The van der Waals surface area contributed by atoms with Gasteiger partial charge < -0.3 is 5.32 Å². The van der Waals surface area contributed by atoms with Crippen LogP contribution in [-0.2, 0) is 0 Å². The normalized spacial score (nSPS) is 21.7. The topological polar surface area (TPSA) is 15.3 Å². The Bertz CT molecular complexity index is 188. The summed E-state index contributed by atoms with van der Waals surface area (Å²) < 4.78 is 0. The highest BCUT2D eigenvalue weighted by Crippen LogP contribution is 2.16. The minimum absolute atomic E-state index is 0.762. The molecule has 1 aliphatic rings. The first-order chi connectivity index (χ1) is 8.81. The van der Waals surface area contributed by atoms with E-state index in [0.717, 1.165) is 12.1 Å². The highest BCUT2D eigenvalue weighted by Gasteiger charge is 2.22. The Labute approximate surface area is 115 Å². The molecule has 0 aromatic heterocycles. The molecule has 2 atom stereocenters. The van der Waals surface area contributed by atoms with E-state index in [1.54, 1.807) is 0 Å². The highest BCUT2D eigenvalue weighted by atomic mass is 15.2. The van der Waals surface area contributed by atoms with Crippen LogP contribution in [0.5, 0.6) is 0 Å². The van der Waals surface area contributed by atoms with Gasteiger partial charge in [-0.1, -0.05) is 40.0 Å². The van der Waals surface area contributed by atoms with E-state index in [1.165, 1.54) is 71.0 Å². The largest absolute Gasteiger partial charge is 0.313 e. The van der Waals surface area contributed by atoms with Crippen molar-refractivity contribution in [1.82, 2.24) is 10.2 Å². The molecule has 108 valence electrons. The summed E-state index contributed by atoms with van der Waals surface area (Å²) in [6.45, 7) is 10.8. The molecule has 1 saturated heterocycles. The van der Waals surface area contributed by atoms with Crippen molar-refractivity contribution in [2.24, 2.45) is 0 Å². The first-order valence-corrected chi connectivity index (χ1v) is 8.29. The molecule has 0 radical (unpaired) electrons. The average Bonchev–Trinajstić information content (AvgIpc) is 2.89. The second kappa shape index (κ2) is 9.80. The Morgan fingerprint density at radius 3 is 2.50 bits per heavy atom. The minimum atomic E-state index is 0.762. The van der Waals surface area contributed by atoms with Crippen LogP contribution >= 0.6 is 0 Å². The van der Waals surface area contributed by atoms with Crippen molar-refractivity contribution in [3.8, 4) is 0 Å². The van der Waals surface area contributed by atoms with Gasteiger partial charge in [0.2, 0.25) is 0 Å². The lowest BCUT2D eigenvalue weighted by Gasteiger charge is -2.33. The molecule has 1 heterocycles. The van der Waals surface area contributed by atoms with Crippen LogP contribution in [-0.4, -0.2) is 36.6 Å². The van der Waals surface area contributed by atoms with Gasteiger partial charge in [0.25, 0.3) is 0 Å². The Morgan fingerprint density at radius 1 is 1.17 bits per heavy atom.